The zero-order valence-electron chi connectivity index (χ0n) is 12.0. The van der Waals surface area contributed by atoms with Gasteiger partial charge in [0.15, 0.2) is 5.78 Å². The maximum Gasteiger partial charge on any atom is 0.237 e. The Hall–Kier alpha value is -1.10. The molecule has 1 aromatic rings. The summed E-state index contributed by atoms with van der Waals surface area (Å²) in [5.74, 6) is -0.115. The Bertz CT molecular complexity index is 563. The van der Waals surface area contributed by atoms with Crippen LogP contribution in [0, 0.1) is 0 Å². The van der Waals surface area contributed by atoms with Crippen LogP contribution >= 0.6 is 23.2 Å². The highest BCUT2D eigenvalue weighted by molar-refractivity contribution is 6.37. The van der Waals surface area contributed by atoms with Crippen LogP contribution in [-0.4, -0.2) is 41.8 Å². The first kappa shape index (κ1) is 16.3. The summed E-state index contributed by atoms with van der Waals surface area (Å²) in [5.41, 5.74) is 0.439. The number of hydrogen-bond donors (Lipinski definition) is 1. The molecular formula is C15H18Cl2N2O2. The van der Waals surface area contributed by atoms with Gasteiger partial charge in [0.25, 0.3) is 0 Å². The van der Waals surface area contributed by atoms with Crippen LogP contribution in [0.1, 0.15) is 30.6 Å². The molecule has 0 radical (unpaired) electrons. The molecule has 1 aromatic carbocycles. The van der Waals surface area contributed by atoms with Crippen LogP contribution in [0.2, 0.25) is 10.0 Å². The quantitative estimate of drug-likeness (QED) is 0.864. The van der Waals surface area contributed by atoms with E-state index in [1.807, 2.05) is 18.7 Å². The number of piperazine rings is 1. The summed E-state index contributed by atoms with van der Waals surface area (Å²) in [6.45, 7) is 4.97. The Balaban J connectivity index is 2.23. The first-order chi connectivity index (χ1) is 9.95. The maximum atomic E-state index is 12.6. The van der Waals surface area contributed by atoms with Crippen molar-refractivity contribution in [2.24, 2.45) is 0 Å². The summed E-state index contributed by atoms with van der Waals surface area (Å²) in [6.07, 6.45) is 0.664. The van der Waals surface area contributed by atoms with Crippen molar-refractivity contribution in [2.45, 2.75) is 32.4 Å². The van der Waals surface area contributed by atoms with E-state index in [1.165, 1.54) is 0 Å². The maximum absolute atomic E-state index is 12.6. The van der Waals surface area contributed by atoms with Crippen LogP contribution in [0.4, 0.5) is 0 Å². The van der Waals surface area contributed by atoms with Crippen molar-refractivity contribution in [1.29, 1.82) is 0 Å². The van der Waals surface area contributed by atoms with Gasteiger partial charge in [-0.1, -0.05) is 30.1 Å². The van der Waals surface area contributed by atoms with Crippen molar-refractivity contribution in [1.82, 2.24) is 10.2 Å². The summed E-state index contributed by atoms with van der Waals surface area (Å²) in [6, 6.07) is 4.16. The standard InChI is InChI=1S/C15H18Cl2N2O2/c1-3-13-15(21)18-6-7-19(13)9(2)14(20)11-5-4-10(16)8-12(11)17/h4-5,8-9,13H,3,6-7H2,1-2H3,(H,18,21). The Morgan fingerprint density at radius 2 is 2.19 bits per heavy atom. The molecule has 1 aliphatic rings. The van der Waals surface area contributed by atoms with Gasteiger partial charge in [0.05, 0.1) is 17.1 Å². The number of carbonyl (C=O) groups excluding carboxylic acids is 2. The number of rotatable bonds is 4. The average Bonchev–Trinajstić information content (AvgIpc) is 2.45. The summed E-state index contributed by atoms with van der Waals surface area (Å²) in [4.78, 5) is 26.5. The fraction of sp³-hybridized carbons (Fsp3) is 0.467. The first-order valence-corrected chi connectivity index (χ1v) is 7.74. The largest absolute Gasteiger partial charge is 0.353 e. The molecule has 4 nitrogen and oxygen atoms in total. The van der Waals surface area contributed by atoms with E-state index in [-0.39, 0.29) is 17.7 Å². The summed E-state index contributed by atoms with van der Waals surface area (Å²) >= 11 is 12.0. The van der Waals surface area contributed by atoms with Crippen molar-refractivity contribution in [2.75, 3.05) is 13.1 Å². The fourth-order valence-corrected chi connectivity index (χ4v) is 3.18. The van der Waals surface area contributed by atoms with Crippen LogP contribution in [0.5, 0.6) is 0 Å². The second-order valence-corrected chi connectivity index (χ2v) is 5.96. The molecule has 0 aromatic heterocycles. The van der Waals surface area contributed by atoms with Crippen LogP contribution in [-0.2, 0) is 4.79 Å². The molecule has 0 saturated carbocycles. The Morgan fingerprint density at radius 1 is 1.48 bits per heavy atom. The molecule has 0 bridgehead atoms. The van der Waals surface area contributed by atoms with Gasteiger partial charge in [0.2, 0.25) is 5.91 Å². The zero-order chi connectivity index (χ0) is 15.6. The molecule has 0 spiro atoms. The molecule has 1 heterocycles. The van der Waals surface area contributed by atoms with E-state index in [1.54, 1.807) is 18.2 Å². The average molecular weight is 329 g/mol. The fourth-order valence-electron chi connectivity index (χ4n) is 2.68. The first-order valence-electron chi connectivity index (χ1n) is 6.98. The van der Waals surface area contributed by atoms with Gasteiger partial charge >= 0.3 is 0 Å². The lowest BCUT2D eigenvalue weighted by atomic mass is 10.00. The number of benzene rings is 1. The van der Waals surface area contributed by atoms with E-state index < -0.39 is 6.04 Å². The SMILES string of the molecule is CCC1C(=O)NCCN1C(C)C(=O)c1ccc(Cl)cc1Cl. The molecule has 21 heavy (non-hydrogen) atoms. The normalized spacial score (nSPS) is 21.0. The molecule has 114 valence electrons. The lowest BCUT2D eigenvalue weighted by Crippen LogP contribution is -2.59. The van der Waals surface area contributed by atoms with Crippen LogP contribution in [0.25, 0.3) is 0 Å². The highest BCUT2D eigenvalue weighted by Gasteiger charge is 2.34. The van der Waals surface area contributed by atoms with Crippen LogP contribution in [0.15, 0.2) is 18.2 Å². The molecule has 1 N–H and O–H groups in total. The lowest BCUT2D eigenvalue weighted by Gasteiger charge is -2.38. The Kier molecular flexibility index (Phi) is 5.25. The summed E-state index contributed by atoms with van der Waals surface area (Å²) in [5, 5.41) is 3.67. The van der Waals surface area contributed by atoms with Gasteiger partial charge in [-0.2, -0.15) is 0 Å². The number of Topliss-reactive ketones (excluding diaryl/α,β-unsaturated/α-hetero) is 1. The molecule has 6 heteroatoms. The van der Waals surface area contributed by atoms with E-state index >= 15 is 0 Å². The van der Waals surface area contributed by atoms with Crippen molar-refractivity contribution in [3.05, 3.63) is 33.8 Å². The number of nitrogens with zero attached hydrogens (tertiary/aromatic N) is 1. The van der Waals surface area contributed by atoms with Gasteiger partial charge in [0.1, 0.15) is 0 Å². The molecule has 1 amide bonds. The third-order valence-electron chi connectivity index (χ3n) is 3.83. The smallest absolute Gasteiger partial charge is 0.237 e. The lowest BCUT2D eigenvalue weighted by molar-refractivity contribution is -0.129. The Morgan fingerprint density at radius 3 is 2.81 bits per heavy atom. The number of carbonyl (C=O) groups is 2. The minimum atomic E-state index is -0.403. The predicted molar refractivity (Wildman–Crippen MR) is 84.0 cm³/mol. The van der Waals surface area contributed by atoms with E-state index in [0.717, 1.165) is 0 Å². The summed E-state index contributed by atoms with van der Waals surface area (Å²) in [7, 11) is 0. The molecule has 1 fully saturated rings. The molecule has 1 saturated heterocycles. The molecule has 2 unspecified atom stereocenters. The number of ketones is 1. The number of halogens is 2. The highest BCUT2D eigenvalue weighted by atomic mass is 35.5. The molecular weight excluding hydrogens is 311 g/mol. The minimum absolute atomic E-state index is 0.0226. The summed E-state index contributed by atoms with van der Waals surface area (Å²) < 4.78 is 0. The van der Waals surface area contributed by atoms with E-state index in [2.05, 4.69) is 5.32 Å². The predicted octanol–water partition coefficient (Wildman–Crippen LogP) is 2.78. The molecule has 1 aliphatic heterocycles. The monoisotopic (exact) mass is 328 g/mol. The number of nitrogens with one attached hydrogen (secondary N) is 1. The second-order valence-electron chi connectivity index (χ2n) is 5.12. The van der Waals surface area contributed by atoms with E-state index in [0.29, 0.717) is 35.1 Å². The Labute approximate surface area is 134 Å². The molecule has 2 rings (SSSR count). The number of amides is 1. The third kappa shape index (κ3) is 3.39. The molecule has 0 aliphatic carbocycles. The minimum Gasteiger partial charge on any atom is -0.353 e. The topological polar surface area (TPSA) is 49.4 Å². The number of hydrogen-bond acceptors (Lipinski definition) is 3. The van der Waals surface area contributed by atoms with E-state index in [9.17, 15) is 9.59 Å². The zero-order valence-corrected chi connectivity index (χ0v) is 13.5. The third-order valence-corrected chi connectivity index (χ3v) is 4.38. The van der Waals surface area contributed by atoms with E-state index in [4.69, 9.17) is 23.2 Å². The van der Waals surface area contributed by atoms with Crippen molar-refractivity contribution in [3.8, 4) is 0 Å². The van der Waals surface area contributed by atoms with Crippen LogP contribution in [0.3, 0.4) is 0 Å². The van der Waals surface area contributed by atoms with Gasteiger partial charge in [0, 0.05) is 23.7 Å². The van der Waals surface area contributed by atoms with Crippen LogP contribution < -0.4 is 5.32 Å². The highest BCUT2D eigenvalue weighted by Crippen LogP contribution is 2.24. The van der Waals surface area contributed by atoms with Gasteiger partial charge in [-0.15, -0.1) is 0 Å². The van der Waals surface area contributed by atoms with Gasteiger partial charge in [-0.25, -0.2) is 0 Å². The molecule has 2 atom stereocenters. The van der Waals surface area contributed by atoms with Gasteiger partial charge in [-0.05, 0) is 31.5 Å². The van der Waals surface area contributed by atoms with Gasteiger partial charge < -0.3 is 5.32 Å². The van der Waals surface area contributed by atoms with Gasteiger partial charge in [-0.3, -0.25) is 14.5 Å². The second kappa shape index (κ2) is 6.77. The van der Waals surface area contributed by atoms with Crippen molar-refractivity contribution < 1.29 is 9.59 Å². The van der Waals surface area contributed by atoms with Crippen molar-refractivity contribution in [3.63, 3.8) is 0 Å². The van der Waals surface area contributed by atoms with Crippen molar-refractivity contribution >= 4 is 34.9 Å².